The minimum absolute atomic E-state index is 0.311. The van der Waals surface area contributed by atoms with Gasteiger partial charge in [-0.25, -0.2) is 0 Å². The molecule has 7 unspecified atom stereocenters. The van der Waals surface area contributed by atoms with Crippen LogP contribution in [-0.2, 0) is 4.74 Å². The summed E-state index contributed by atoms with van der Waals surface area (Å²) in [5.41, 5.74) is 0. The van der Waals surface area contributed by atoms with Crippen LogP contribution >= 0.6 is 0 Å². The molecule has 0 bridgehead atoms. The molecule has 0 saturated carbocycles. The van der Waals surface area contributed by atoms with E-state index >= 15 is 0 Å². The van der Waals surface area contributed by atoms with E-state index in [1.54, 1.807) is 0 Å². The second kappa shape index (κ2) is 6.42. The maximum absolute atomic E-state index is 9.70. The van der Waals surface area contributed by atoms with E-state index in [0.29, 0.717) is 48.3 Å². The minimum atomic E-state index is 0.311. The van der Waals surface area contributed by atoms with Gasteiger partial charge in [0.2, 0.25) is 0 Å². The lowest BCUT2D eigenvalue weighted by atomic mass is 9.69. The van der Waals surface area contributed by atoms with Gasteiger partial charge in [0.25, 0.3) is 0 Å². The van der Waals surface area contributed by atoms with Crippen LogP contribution < -0.4 is 5.32 Å². The van der Waals surface area contributed by atoms with E-state index in [0.717, 1.165) is 32.6 Å². The Labute approximate surface area is 133 Å². The Morgan fingerprint density at radius 1 is 1.27 bits per heavy atom. The van der Waals surface area contributed by atoms with E-state index in [2.05, 4.69) is 23.7 Å². The van der Waals surface area contributed by atoms with Crippen molar-refractivity contribution in [3.8, 4) is 0 Å². The third-order valence-electron chi connectivity index (χ3n) is 6.41. The van der Waals surface area contributed by atoms with Gasteiger partial charge in [0, 0.05) is 38.5 Å². The van der Waals surface area contributed by atoms with E-state index in [1.807, 2.05) is 0 Å². The molecule has 0 aromatic carbocycles. The van der Waals surface area contributed by atoms with E-state index < -0.39 is 0 Å². The normalized spacial score (nSPS) is 47.8. The topological polar surface area (TPSA) is 53.9 Å². The highest BCUT2D eigenvalue weighted by Crippen LogP contribution is 2.43. The van der Waals surface area contributed by atoms with Crippen molar-refractivity contribution in [1.82, 2.24) is 5.32 Å². The highest BCUT2D eigenvalue weighted by atomic mass is 16.5. The second-order valence-electron chi connectivity index (χ2n) is 7.53. The largest absolute Gasteiger partial charge is 0.396 e. The number of aliphatic hydroxyl groups is 1. The van der Waals surface area contributed by atoms with Crippen molar-refractivity contribution in [2.75, 3.05) is 26.4 Å². The molecule has 0 aromatic heterocycles. The molecular weight excluding hydrogens is 276 g/mol. The highest BCUT2D eigenvalue weighted by Gasteiger charge is 2.45. The average molecular weight is 304 g/mol. The zero-order valence-electron chi connectivity index (χ0n) is 13.2. The first-order valence-electron chi connectivity index (χ1n) is 8.98. The number of nitrogens with zero attached hydrogens (tertiary/aromatic N) is 1. The van der Waals surface area contributed by atoms with Crippen molar-refractivity contribution in [1.29, 1.82) is 0 Å². The van der Waals surface area contributed by atoms with Crippen molar-refractivity contribution in [2.45, 2.75) is 31.8 Å². The fraction of sp³-hybridized carbons (Fsp3) is 0.833. The molecule has 122 valence electrons. The monoisotopic (exact) mass is 304 g/mol. The fourth-order valence-electron chi connectivity index (χ4n) is 5.12. The Balaban J connectivity index is 1.49. The lowest BCUT2D eigenvalue weighted by Gasteiger charge is -2.37. The zero-order valence-corrected chi connectivity index (χ0v) is 13.2. The molecule has 3 aliphatic heterocycles. The van der Waals surface area contributed by atoms with Crippen LogP contribution in [0, 0.1) is 35.5 Å². The van der Waals surface area contributed by atoms with Crippen LogP contribution in [0.1, 0.15) is 25.7 Å². The van der Waals surface area contributed by atoms with Crippen molar-refractivity contribution >= 4 is 6.21 Å². The second-order valence-corrected chi connectivity index (χ2v) is 7.53. The van der Waals surface area contributed by atoms with Gasteiger partial charge in [-0.05, 0) is 55.3 Å². The van der Waals surface area contributed by atoms with Crippen molar-refractivity contribution < 1.29 is 9.84 Å². The Morgan fingerprint density at radius 2 is 2.23 bits per heavy atom. The SMILES string of the molecule is OCC1CCC=CC1C1C=NC2NCC(C3CCOC3)C2C1. The van der Waals surface area contributed by atoms with Crippen LogP contribution in [0.15, 0.2) is 17.1 Å². The van der Waals surface area contributed by atoms with Gasteiger partial charge in [-0.2, -0.15) is 0 Å². The molecule has 7 atom stereocenters. The van der Waals surface area contributed by atoms with Crippen LogP contribution in [0.5, 0.6) is 0 Å². The summed E-state index contributed by atoms with van der Waals surface area (Å²) in [7, 11) is 0. The lowest BCUT2D eigenvalue weighted by Crippen LogP contribution is -2.38. The average Bonchev–Trinajstić information content (AvgIpc) is 3.23. The minimum Gasteiger partial charge on any atom is -0.396 e. The molecule has 4 rings (SSSR count). The molecule has 0 aromatic rings. The molecule has 2 saturated heterocycles. The third kappa shape index (κ3) is 2.66. The van der Waals surface area contributed by atoms with Gasteiger partial charge < -0.3 is 9.84 Å². The van der Waals surface area contributed by atoms with Crippen LogP contribution in [0.4, 0.5) is 0 Å². The van der Waals surface area contributed by atoms with Crippen LogP contribution in [0.2, 0.25) is 0 Å². The molecule has 0 radical (unpaired) electrons. The van der Waals surface area contributed by atoms with Crippen molar-refractivity contribution in [2.24, 2.45) is 40.5 Å². The summed E-state index contributed by atoms with van der Waals surface area (Å²) in [6, 6.07) is 0. The summed E-state index contributed by atoms with van der Waals surface area (Å²) < 4.78 is 5.62. The summed E-state index contributed by atoms with van der Waals surface area (Å²) in [4.78, 5) is 4.85. The molecule has 2 N–H and O–H groups in total. The molecule has 4 aliphatic rings. The first-order valence-corrected chi connectivity index (χ1v) is 8.98. The predicted octanol–water partition coefficient (Wildman–Crippen LogP) is 1.85. The maximum Gasteiger partial charge on any atom is 0.102 e. The molecular formula is C18H28N2O2. The molecule has 0 spiro atoms. The van der Waals surface area contributed by atoms with E-state index in [4.69, 9.17) is 9.73 Å². The van der Waals surface area contributed by atoms with Gasteiger partial charge in [0.1, 0.15) is 6.17 Å². The molecule has 2 fully saturated rings. The number of rotatable bonds is 3. The predicted molar refractivity (Wildman–Crippen MR) is 86.7 cm³/mol. The van der Waals surface area contributed by atoms with E-state index in [-0.39, 0.29) is 0 Å². The summed E-state index contributed by atoms with van der Waals surface area (Å²) >= 11 is 0. The van der Waals surface area contributed by atoms with Crippen LogP contribution in [-0.4, -0.2) is 43.9 Å². The maximum atomic E-state index is 9.70. The third-order valence-corrected chi connectivity index (χ3v) is 6.41. The number of ether oxygens (including phenoxy) is 1. The van der Waals surface area contributed by atoms with Crippen molar-refractivity contribution in [3.63, 3.8) is 0 Å². The summed E-state index contributed by atoms with van der Waals surface area (Å²) in [6.07, 6.45) is 11.8. The van der Waals surface area contributed by atoms with Crippen LogP contribution in [0.3, 0.4) is 0 Å². The fourth-order valence-corrected chi connectivity index (χ4v) is 5.12. The molecule has 1 aliphatic carbocycles. The number of fused-ring (bicyclic) bond motifs is 1. The lowest BCUT2D eigenvalue weighted by molar-refractivity contribution is 0.134. The van der Waals surface area contributed by atoms with Gasteiger partial charge >= 0.3 is 0 Å². The summed E-state index contributed by atoms with van der Waals surface area (Å²) in [5, 5.41) is 13.3. The van der Waals surface area contributed by atoms with Crippen molar-refractivity contribution in [3.05, 3.63) is 12.2 Å². The highest BCUT2D eigenvalue weighted by molar-refractivity contribution is 5.63. The van der Waals surface area contributed by atoms with E-state index in [9.17, 15) is 5.11 Å². The first kappa shape index (κ1) is 14.9. The first-order chi connectivity index (χ1) is 10.9. The van der Waals surface area contributed by atoms with Gasteiger partial charge in [-0.15, -0.1) is 0 Å². The number of nitrogens with one attached hydrogen (secondary N) is 1. The molecule has 4 heteroatoms. The number of aliphatic imine (C=N–C) groups is 1. The zero-order chi connectivity index (χ0) is 14.9. The summed E-state index contributed by atoms with van der Waals surface area (Å²) in [6.45, 7) is 3.28. The number of allylic oxidation sites excluding steroid dienone is 2. The molecule has 4 nitrogen and oxygen atoms in total. The number of hydrogen-bond donors (Lipinski definition) is 2. The number of hydrogen-bond acceptors (Lipinski definition) is 4. The summed E-state index contributed by atoms with van der Waals surface area (Å²) in [5.74, 6) is 3.47. The Hall–Kier alpha value is -0.710. The molecule has 3 heterocycles. The Kier molecular flexibility index (Phi) is 4.34. The Morgan fingerprint density at radius 3 is 3.05 bits per heavy atom. The molecule has 22 heavy (non-hydrogen) atoms. The smallest absolute Gasteiger partial charge is 0.102 e. The standard InChI is InChI=1S/C18H28N2O2/c21-10-12-3-1-2-4-15(12)14-7-16-17(13-5-6-22-11-13)9-20-18(16)19-8-14/h2,4,8,12-18,20-21H,1,3,5-7,9-11H2. The van der Waals surface area contributed by atoms with Crippen LogP contribution in [0.25, 0.3) is 0 Å². The molecule has 0 amide bonds. The van der Waals surface area contributed by atoms with Gasteiger partial charge in [0.15, 0.2) is 0 Å². The quantitative estimate of drug-likeness (QED) is 0.783. The van der Waals surface area contributed by atoms with Gasteiger partial charge in [-0.3, -0.25) is 10.3 Å². The van der Waals surface area contributed by atoms with E-state index in [1.165, 1.54) is 12.8 Å². The van der Waals surface area contributed by atoms with Gasteiger partial charge in [0.05, 0.1) is 0 Å². The van der Waals surface area contributed by atoms with Gasteiger partial charge in [-0.1, -0.05) is 12.2 Å². The number of aliphatic hydroxyl groups excluding tert-OH is 1. The Bertz CT molecular complexity index is 444.